The lowest BCUT2D eigenvalue weighted by molar-refractivity contribution is 0.266. The molecule has 1 saturated heterocycles. The first-order valence-corrected chi connectivity index (χ1v) is 4.83. The fourth-order valence-corrected chi connectivity index (χ4v) is 1.34. The third-order valence-corrected chi connectivity index (χ3v) is 1.88. The lowest BCUT2D eigenvalue weighted by Gasteiger charge is -1.95. The predicted octanol–water partition coefficient (Wildman–Crippen LogP) is 3.36. The molecule has 1 aliphatic carbocycles. The molecule has 0 unspecified atom stereocenters. The highest BCUT2D eigenvalue weighted by Gasteiger charge is 2.14. The Balaban J connectivity index is 0.000000396. The van der Waals surface area contributed by atoms with Gasteiger partial charge in [0.25, 0.3) is 0 Å². The maximum atomic E-state index is 5.39. The maximum Gasteiger partial charge on any atom is 0.123 e. The second-order valence-electron chi connectivity index (χ2n) is 2.79. The van der Waals surface area contributed by atoms with Gasteiger partial charge in [0.1, 0.15) is 5.76 Å². The molecule has 0 saturated carbocycles. The van der Waals surface area contributed by atoms with Crippen molar-refractivity contribution in [1.29, 1.82) is 0 Å². The van der Waals surface area contributed by atoms with Gasteiger partial charge in [0.15, 0.2) is 0 Å². The zero-order valence-electron chi connectivity index (χ0n) is 8.55. The monoisotopic (exact) mass is 176 g/mol. The van der Waals surface area contributed by atoms with Crippen LogP contribution in [0.4, 0.5) is 0 Å². The molecule has 13 heavy (non-hydrogen) atoms. The Morgan fingerprint density at radius 1 is 1.38 bits per heavy atom. The summed E-state index contributed by atoms with van der Waals surface area (Å²) < 4.78 is 5.39. The largest absolute Gasteiger partial charge is 0.493 e. The van der Waals surface area contributed by atoms with Crippen LogP contribution in [-0.4, -0.2) is 6.61 Å². The van der Waals surface area contributed by atoms with Crippen LogP contribution < -0.4 is 0 Å². The van der Waals surface area contributed by atoms with Gasteiger partial charge in [-0.15, -0.1) is 5.73 Å². The van der Waals surface area contributed by atoms with E-state index in [-0.39, 0.29) is 0 Å². The van der Waals surface area contributed by atoms with Crippen LogP contribution in [0.1, 0.15) is 27.2 Å². The third-order valence-electron chi connectivity index (χ3n) is 1.88. The Morgan fingerprint density at radius 3 is 2.92 bits per heavy atom. The molecule has 0 aromatic rings. The fourth-order valence-electron chi connectivity index (χ4n) is 1.34. The molecule has 70 valence electrons. The first-order valence-electron chi connectivity index (χ1n) is 4.83. The summed E-state index contributed by atoms with van der Waals surface area (Å²) in [5.41, 5.74) is 5.62. The van der Waals surface area contributed by atoms with Crippen molar-refractivity contribution in [2.24, 2.45) is 0 Å². The van der Waals surface area contributed by atoms with E-state index in [2.05, 4.69) is 18.7 Å². The highest BCUT2D eigenvalue weighted by molar-refractivity contribution is 5.39. The van der Waals surface area contributed by atoms with Crippen molar-refractivity contribution in [1.82, 2.24) is 0 Å². The zero-order chi connectivity index (χ0) is 9.68. The second kappa shape index (κ2) is 4.74. The standard InChI is InChI=1S/C10H10O.C2H6/c1-8-3-2-4-10-9(7-8)5-6-11-10;1-2/h2,4,7H,5-6H2,1H3;1-2H3. The highest BCUT2D eigenvalue weighted by Crippen LogP contribution is 2.25. The van der Waals surface area contributed by atoms with Crippen molar-refractivity contribution in [2.45, 2.75) is 27.2 Å². The Bertz CT molecular complexity index is 299. The van der Waals surface area contributed by atoms with Crippen molar-refractivity contribution >= 4 is 0 Å². The summed E-state index contributed by atoms with van der Waals surface area (Å²) in [6.07, 6.45) is 7.08. The van der Waals surface area contributed by atoms with Crippen LogP contribution in [0.2, 0.25) is 0 Å². The summed E-state index contributed by atoms with van der Waals surface area (Å²) in [6.45, 7) is 6.89. The van der Waals surface area contributed by atoms with Gasteiger partial charge in [-0.3, -0.25) is 0 Å². The molecule has 0 N–H and O–H groups in total. The Kier molecular flexibility index (Phi) is 3.60. The van der Waals surface area contributed by atoms with Crippen LogP contribution in [-0.2, 0) is 4.74 Å². The molecule has 0 spiro atoms. The van der Waals surface area contributed by atoms with Crippen molar-refractivity contribution < 1.29 is 4.74 Å². The Labute approximate surface area is 80.1 Å². The molecule has 1 aliphatic heterocycles. The lowest BCUT2D eigenvalue weighted by Crippen LogP contribution is -1.79. The number of hydrogen-bond acceptors (Lipinski definition) is 1. The van der Waals surface area contributed by atoms with E-state index < -0.39 is 0 Å². The molecule has 1 fully saturated rings. The fraction of sp³-hybridized carbons (Fsp3) is 0.417. The van der Waals surface area contributed by atoms with Gasteiger partial charge in [-0.1, -0.05) is 13.8 Å². The molecule has 0 bridgehead atoms. The molecule has 0 aromatic heterocycles. The lowest BCUT2D eigenvalue weighted by atomic mass is 10.1. The quantitative estimate of drug-likeness (QED) is 0.514. The Hall–Kier alpha value is -1.20. The van der Waals surface area contributed by atoms with Gasteiger partial charge < -0.3 is 4.74 Å². The highest BCUT2D eigenvalue weighted by atomic mass is 16.5. The van der Waals surface area contributed by atoms with Gasteiger partial charge in [0.2, 0.25) is 0 Å². The van der Waals surface area contributed by atoms with E-state index in [1.54, 1.807) is 0 Å². The van der Waals surface area contributed by atoms with E-state index in [9.17, 15) is 0 Å². The molecule has 0 amide bonds. The number of rotatable bonds is 0. The minimum absolute atomic E-state index is 0.832. The molecular formula is C12H16O. The summed E-state index contributed by atoms with van der Waals surface area (Å²) in [6, 6.07) is 0. The van der Waals surface area contributed by atoms with Gasteiger partial charge in [0, 0.05) is 6.42 Å². The van der Waals surface area contributed by atoms with Gasteiger partial charge >= 0.3 is 0 Å². The van der Waals surface area contributed by atoms with Crippen LogP contribution in [0.5, 0.6) is 0 Å². The molecule has 0 atom stereocenters. The molecule has 1 nitrogen and oxygen atoms in total. The maximum absolute atomic E-state index is 5.39. The van der Waals surface area contributed by atoms with Crippen LogP contribution in [0.3, 0.4) is 0 Å². The third kappa shape index (κ3) is 2.37. The summed E-state index contributed by atoms with van der Waals surface area (Å²) >= 11 is 0. The topological polar surface area (TPSA) is 9.23 Å². The molecule has 2 rings (SSSR count). The van der Waals surface area contributed by atoms with Crippen molar-refractivity contribution in [2.75, 3.05) is 6.61 Å². The smallest absolute Gasteiger partial charge is 0.123 e. The SMILES string of the molecule is CC.CC1=C=CC=C2OCCC2=C1. The Morgan fingerprint density at radius 2 is 2.15 bits per heavy atom. The van der Waals surface area contributed by atoms with Gasteiger partial charge in [-0.25, -0.2) is 0 Å². The number of hydrogen-bond donors (Lipinski definition) is 0. The summed E-state index contributed by atoms with van der Waals surface area (Å²) in [7, 11) is 0. The van der Waals surface area contributed by atoms with Gasteiger partial charge in [0.05, 0.1) is 6.61 Å². The average molecular weight is 176 g/mol. The average Bonchev–Trinajstić information content (AvgIpc) is 2.50. The summed E-state index contributed by atoms with van der Waals surface area (Å²) in [4.78, 5) is 0. The van der Waals surface area contributed by atoms with Gasteiger partial charge in [-0.05, 0) is 36.3 Å². The van der Waals surface area contributed by atoms with Gasteiger partial charge in [-0.2, -0.15) is 0 Å². The molecule has 1 heteroatoms. The van der Waals surface area contributed by atoms with E-state index in [1.807, 2.05) is 26.0 Å². The van der Waals surface area contributed by atoms with Crippen LogP contribution in [0, 0.1) is 0 Å². The molecule has 1 heterocycles. The molecular weight excluding hydrogens is 160 g/mol. The van der Waals surface area contributed by atoms with Crippen LogP contribution >= 0.6 is 0 Å². The number of ether oxygens (including phenoxy) is 1. The van der Waals surface area contributed by atoms with Crippen molar-refractivity contribution in [3.05, 3.63) is 40.9 Å². The normalized spacial score (nSPS) is 18.2. The first kappa shape index (κ1) is 9.88. The van der Waals surface area contributed by atoms with E-state index in [1.165, 1.54) is 11.1 Å². The van der Waals surface area contributed by atoms with E-state index >= 15 is 0 Å². The minimum atomic E-state index is 0.832. The number of allylic oxidation sites excluding steroid dienone is 4. The zero-order valence-corrected chi connectivity index (χ0v) is 8.55. The second-order valence-corrected chi connectivity index (χ2v) is 2.79. The van der Waals surface area contributed by atoms with E-state index in [4.69, 9.17) is 4.74 Å². The molecule has 2 aliphatic rings. The van der Waals surface area contributed by atoms with Crippen LogP contribution in [0.25, 0.3) is 0 Å². The minimum Gasteiger partial charge on any atom is -0.493 e. The first-order chi connectivity index (χ1) is 6.36. The van der Waals surface area contributed by atoms with Crippen molar-refractivity contribution in [3.63, 3.8) is 0 Å². The van der Waals surface area contributed by atoms with E-state index in [0.29, 0.717) is 0 Å². The summed E-state index contributed by atoms with van der Waals surface area (Å²) in [5.74, 6) is 1.02. The predicted molar refractivity (Wildman–Crippen MR) is 55.4 cm³/mol. The molecule has 0 radical (unpaired) electrons. The molecule has 0 aromatic carbocycles. The summed E-state index contributed by atoms with van der Waals surface area (Å²) in [5, 5.41) is 0. The van der Waals surface area contributed by atoms with Crippen molar-refractivity contribution in [3.8, 4) is 0 Å². The van der Waals surface area contributed by atoms with Crippen LogP contribution in [0.15, 0.2) is 40.9 Å². The van der Waals surface area contributed by atoms with E-state index in [0.717, 1.165) is 18.8 Å². The number of fused-ring (bicyclic) bond motifs is 1.